The first-order valence-corrected chi connectivity index (χ1v) is 11.4. The number of hydrogen-bond donors (Lipinski definition) is 0. The van der Waals surface area contributed by atoms with Crippen LogP contribution in [0.3, 0.4) is 0 Å². The van der Waals surface area contributed by atoms with E-state index in [2.05, 4.69) is 15.9 Å². The molecule has 0 spiro atoms. The summed E-state index contributed by atoms with van der Waals surface area (Å²) in [5.74, 6) is 0.601. The van der Waals surface area contributed by atoms with E-state index in [0.29, 0.717) is 32.9 Å². The molecule has 1 heterocycles. The van der Waals surface area contributed by atoms with Gasteiger partial charge in [-0.1, -0.05) is 22.9 Å². The fourth-order valence-electron chi connectivity index (χ4n) is 2.99. The second-order valence-electron chi connectivity index (χ2n) is 7.05. The second-order valence-corrected chi connectivity index (χ2v) is 8.89. The highest BCUT2D eigenvalue weighted by atomic mass is 79.9. The molecule has 0 aliphatic carbocycles. The van der Waals surface area contributed by atoms with Gasteiger partial charge >= 0.3 is 0 Å². The van der Waals surface area contributed by atoms with E-state index in [-0.39, 0.29) is 29.5 Å². The van der Waals surface area contributed by atoms with Crippen molar-refractivity contribution in [3.05, 3.63) is 67.0 Å². The highest BCUT2D eigenvalue weighted by Crippen LogP contribution is 2.39. The summed E-state index contributed by atoms with van der Waals surface area (Å²) in [5, 5.41) is 10.5. The minimum atomic E-state index is -0.457. The van der Waals surface area contributed by atoms with E-state index in [4.69, 9.17) is 9.47 Å². The van der Waals surface area contributed by atoms with Crippen molar-refractivity contribution in [2.75, 3.05) is 7.11 Å². The molecule has 1 aliphatic rings. The SMILES string of the molecule is CC[C@@H](C)N1C(=O)S/C(=C/c2cc(OC)c(OCc3ccc([N+](=O)[O-])cc3)cc2Br)C1=O. The van der Waals surface area contributed by atoms with E-state index in [1.54, 1.807) is 30.3 Å². The lowest BCUT2D eigenvalue weighted by molar-refractivity contribution is -0.384. The van der Waals surface area contributed by atoms with Gasteiger partial charge in [-0.3, -0.25) is 24.6 Å². The van der Waals surface area contributed by atoms with Crippen LogP contribution in [0.2, 0.25) is 0 Å². The van der Waals surface area contributed by atoms with Gasteiger partial charge in [0, 0.05) is 22.6 Å². The topological polar surface area (TPSA) is 99.0 Å². The molecule has 2 aromatic rings. The summed E-state index contributed by atoms with van der Waals surface area (Å²) in [7, 11) is 1.50. The molecular weight excluding hydrogens is 500 g/mol. The van der Waals surface area contributed by atoms with Gasteiger partial charge in [0.1, 0.15) is 6.61 Å². The average Bonchev–Trinajstić information content (AvgIpc) is 3.06. The quantitative estimate of drug-likeness (QED) is 0.247. The fraction of sp³-hybridized carbons (Fsp3) is 0.273. The molecule has 1 aliphatic heterocycles. The van der Waals surface area contributed by atoms with Gasteiger partial charge in [0.05, 0.1) is 16.9 Å². The largest absolute Gasteiger partial charge is 0.493 e. The van der Waals surface area contributed by atoms with Crippen LogP contribution < -0.4 is 9.47 Å². The van der Waals surface area contributed by atoms with Crippen molar-refractivity contribution in [1.29, 1.82) is 0 Å². The van der Waals surface area contributed by atoms with Gasteiger partial charge in [0.15, 0.2) is 11.5 Å². The molecule has 1 saturated heterocycles. The van der Waals surface area contributed by atoms with Gasteiger partial charge in [-0.15, -0.1) is 0 Å². The summed E-state index contributed by atoms with van der Waals surface area (Å²) in [5.41, 5.74) is 1.44. The van der Waals surface area contributed by atoms with Crippen molar-refractivity contribution in [1.82, 2.24) is 4.90 Å². The number of benzene rings is 2. The maximum atomic E-state index is 12.7. The van der Waals surface area contributed by atoms with Crippen LogP contribution in [-0.2, 0) is 11.4 Å². The van der Waals surface area contributed by atoms with Gasteiger partial charge < -0.3 is 9.47 Å². The molecular formula is C22H21BrN2O6S. The van der Waals surface area contributed by atoms with Crippen molar-refractivity contribution in [3.63, 3.8) is 0 Å². The molecule has 2 aromatic carbocycles. The monoisotopic (exact) mass is 520 g/mol. The maximum absolute atomic E-state index is 12.7. The summed E-state index contributed by atoms with van der Waals surface area (Å²) in [6, 6.07) is 9.36. The molecule has 32 heavy (non-hydrogen) atoms. The van der Waals surface area contributed by atoms with Gasteiger partial charge in [-0.2, -0.15) is 0 Å². The first-order valence-electron chi connectivity index (χ1n) is 9.75. The number of nitrogens with zero attached hydrogens (tertiary/aromatic N) is 2. The third kappa shape index (κ3) is 5.13. The highest BCUT2D eigenvalue weighted by Gasteiger charge is 2.37. The van der Waals surface area contributed by atoms with Crippen LogP contribution in [0.25, 0.3) is 6.08 Å². The van der Waals surface area contributed by atoms with E-state index >= 15 is 0 Å². The minimum absolute atomic E-state index is 0.0103. The van der Waals surface area contributed by atoms with Gasteiger partial charge in [-0.25, -0.2) is 0 Å². The zero-order valence-electron chi connectivity index (χ0n) is 17.7. The number of imide groups is 1. The van der Waals surface area contributed by atoms with Crippen molar-refractivity contribution in [2.24, 2.45) is 0 Å². The molecule has 0 aromatic heterocycles. The van der Waals surface area contributed by atoms with E-state index < -0.39 is 4.92 Å². The molecule has 2 amide bonds. The Bertz CT molecular complexity index is 1090. The molecule has 0 N–H and O–H groups in total. The Kier molecular flexibility index (Phi) is 7.57. The van der Waals surface area contributed by atoms with Crippen molar-refractivity contribution in [2.45, 2.75) is 32.9 Å². The molecule has 10 heteroatoms. The van der Waals surface area contributed by atoms with Gasteiger partial charge in [-0.05, 0) is 66.6 Å². The third-order valence-electron chi connectivity index (χ3n) is 4.97. The average molecular weight is 521 g/mol. The number of hydrogen-bond acceptors (Lipinski definition) is 7. The summed E-state index contributed by atoms with van der Waals surface area (Å²) in [4.78, 5) is 36.9. The number of methoxy groups -OCH3 is 1. The Hall–Kier alpha value is -2.85. The molecule has 1 atom stereocenters. The molecule has 0 radical (unpaired) electrons. The zero-order chi connectivity index (χ0) is 23.4. The van der Waals surface area contributed by atoms with E-state index in [1.165, 1.54) is 24.1 Å². The third-order valence-corrected chi connectivity index (χ3v) is 6.54. The minimum Gasteiger partial charge on any atom is -0.493 e. The Labute approximate surface area is 197 Å². The number of nitro benzene ring substituents is 1. The molecule has 1 fully saturated rings. The van der Waals surface area contributed by atoms with E-state index in [9.17, 15) is 19.7 Å². The normalized spacial score (nSPS) is 15.9. The lowest BCUT2D eigenvalue weighted by Crippen LogP contribution is -2.36. The first kappa shape index (κ1) is 23.8. The highest BCUT2D eigenvalue weighted by molar-refractivity contribution is 9.10. The Morgan fingerprint density at radius 3 is 2.50 bits per heavy atom. The number of carbonyl (C=O) groups is 2. The number of ether oxygens (including phenoxy) is 2. The smallest absolute Gasteiger partial charge is 0.293 e. The molecule has 3 rings (SSSR count). The zero-order valence-corrected chi connectivity index (χ0v) is 20.1. The van der Waals surface area contributed by atoms with E-state index in [1.807, 2.05) is 13.8 Å². The van der Waals surface area contributed by atoms with E-state index in [0.717, 1.165) is 17.3 Å². The summed E-state index contributed by atoms with van der Waals surface area (Å²) < 4.78 is 11.9. The van der Waals surface area contributed by atoms with Crippen LogP contribution >= 0.6 is 27.7 Å². The summed E-state index contributed by atoms with van der Waals surface area (Å²) >= 11 is 4.40. The molecule has 0 bridgehead atoms. The number of thioether (sulfide) groups is 1. The molecule has 0 unspecified atom stereocenters. The second kappa shape index (κ2) is 10.2. The maximum Gasteiger partial charge on any atom is 0.293 e. The lowest BCUT2D eigenvalue weighted by atomic mass is 10.1. The van der Waals surface area contributed by atoms with Crippen LogP contribution in [0.4, 0.5) is 10.5 Å². The first-order chi connectivity index (χ1) is 15.2. The number of halogens is 1. The predicted octanol–water partition coefficient (Wildman–Crippen LogP) is 5.78. The number of carbonyl (C=O) groups excluding carboxylic acids is 2. The van der Waals surface area contributed by atoms with Crippen LogP contribution in [0.15, 0.2) is 45.8 Å². The molecule has 8 nitrogen and oxygen atoms in total. The van der Waals surface area contributed by atoms with Crippen molar-refractivity contribution in [3.8, 4) is 11.5 Å². The standard InChI is InChI=1S/C22H21BrN2O6S/c1-4-13(2)24-21(26)20(32-22(24)27)10-15-9-18(30-3)19(11-17(15)23)31-12-14-5-7-16(8-6-14)25(28)29/h5-11,13H,4,12H2,1-3H3/b20-10+/t13-/m1/s1. The Morgan fingerprint density at radius 2 is 1.91 bits per heavy atom. The summed E-state index contributed by atoms with van der Waals surface area (Å²) in [6.45, 7) is 3.96. The number of rotatable bonds is 8. The van der Waals surface area contributed by atoms with Crippen LogP contribution in [0.5, 0.6) is 11.5 Å². The van der Waals surface area contributed by atoms with Crippen LogP contribution in [-0.4, -0.2) is 34.1 Å². The fourth-order valence-corrected chi connectivity index (χ4v) is 4.35. The van der Waals surface area contributed by atoms with Gasteiger partial charge in [0.25, 0.3) is 16.8 Å². The predicted molar refractivity (Wildman–Crippen MR) is 126 cm³/mol. The van der Waals surface area contributed by atoms with Crippen molar-refractivity contribution >= 4 is 50.6 Å². The molecule has 168 valence electrons. The van der Waals surface area contributed by atoms with Crippen LogP contribution in [0.1, 0.15) is 31.4 Å². The van der Waals surface area contributed by atoms with Crippen LogP contribution in [0, 0.1) is 10.1 Å². The molecule has 0 saturated carbocycles. The number of amides is 2. The van der Waals surface area contributed by atoms with Gasteiger partial charge in [0.2, 0.25) is 0 Å². The Balaban J connectivity index is 1.81. The van der Waals surface area contributed by atoms with Crippen molar-refractivity contribution < 1.29 is 24.0 Å². The number of non-ortho nitro benzene ring substituents is 1. The lowest BCUT2D eigenvalue weighted by Gasteiger charge is -2.19. The summed E-state index contributed by atoms with van der Waals surface area (Å²) in [6.07, 6.45) is 2.34. The number of nitro groups is 1. The Morgan fingerprint density at radius 1 is 1.22 bits per heavy atom.